The molecule has 0 aliphatic rings. The van der Waals surface area contributed by atoms with Crippen LogP contribution in [0.15, 0.2) is 0 Å². The van der Waals surface area contributed by atoms with Crippen LogP contribution in [-0.4, -0.2) is 83.7 Å². The number of hydrogen-bond donors (Lipinski definition) is 5. The molecule has 0 aliphatic carbocycles. The van der Waals surface area contributed by atoms with E-state index in [1.165, 1.54) is 4.90 Å². The molecule has 10 nitrogen and oxygen atoms in total. The van der Waals surface area contributed by atoms with Gasteiger partial charge in [0.25, 0.3) is 0 Å². The van der Waals surface area contributed by atoms with E-state index in [-0.39, 0.29) is 43.1 Å². The van der Waals surface area contributed by atoms with E-state index in [9.17, 15) is 29.4 Å². The molecular formula is C27H52N4O6. The standard InChI is InChI=1S/C27H52N4O6/c1-9-10-11-12-22(33)30-24(18(4)5)27(37)28-20(13-14-23(34)31(7)8)26(36)29-21(15-17(2)3)25(35)19(6)16-32/h17-21,24-25,32,35H,9-16H2,1-8H3,(H,28,37)(H,29,36)(H,30,33). The largest absolute Gasteiger partial charge is 0.396 e. The number of nitrogens with zero attached hydrogens (tertiary/aromatic N) is 1. The van der Waals surface area contributed by atoms with Crippen LogP contribution in [0.5, 0.6) is 0 Å². The average Bonchev–Trinajstić information content (AvgIpc) is 2.82. The first-order chi connectivity index (χ1) is 17.2. The van der Waals surface area contributed by atoms with Gasteiger partial charge >= 0.3 is 0 Å². The Morgan fingerprint density at radius 1 is 0.865 bits per heavy atom. The fourth-order valence-electron chi connectivity index (χ4n) is 3.92. The van der Waals surface area contributed by atoms with Crippen LogP contribution in [0.4, 0.5) is 0 Å². The third-order valence-corrected chi connectivity index (χ3v) is 6.39. The van der Waals surface area contributed by atoms with Crippen molar-refractivity contribution in [2.24, 2.45) is 17.8 Å². The maximum Gasteiger partial charge on any atom is 0.243 e. The van der Waals surface area contributed by atoms with E-state index in [1.807, 2.05) is 34.6 Å². The Hall–Kier alpha value is -2.20. The predicted octanol–water partition coefficient (Wildman–Crippen LogP) is 1.58. The van der Waals surface area contributed by atoms with E-state index < -0.39 is 42.0 Å². The molecular weight excluding hydrogens is 476 g/mol. The molecule has 10 heteroatoms. The summed E-state index contributed by atoms with van der Waals surface area (Å²) in [4.78, 5) is 52.6. The van der Waals surface area contributed by atoms with E-state index in [2.05, 4.69) is 16.0 Å². The van der Waals surface area contributed by atoms with Crippen molar-refractivity contribution in [3.8, 4) is 0 Å². The molecule has 0 aliphatic heterocycles. The number of carbonyl (C=O) groups excluding carboxylic acids is 4. The molecule has 216 valence electrons. The van der Waals surface area contributed by atoms with Gasteiger partial charge in [0.1, 0.15) is 12.1 Å². The second kappa shape index (κ2) is 18.1. The van der Waals surface area contributed by atoms with Crippen LogP contribution < -0.4 is 16.0 Å². The van der Waals surface area contributed by atoms with Gasteiger partial charge in [-0.1, -0.05) is 54.4 Å². The number of aliphatic hydroxyl groups is 2. The van der Waals surface area contributed by atoms with Crippen LogP contribution in [0.2, 0.25) is 0 Å². The van der Waals surface area contributed by atoms with Gasteiger partial charge in [-0.15, -0.1) is 0 Å². The third-order valence-electron chi connectivity index (χ3n) is 6.39. The lowest BCUT2D eigenvalue weighted by Gasteiger charge is -2.31. The number of aliphatic hydroxyl groups excluding tert-OH is 2. The molecule has 0 aromatic carbocycles. The van der Waals surface area contributed by atoms with Crippen LogP contribution in [0.25, 0.3) is 0 Å². The zero-order chi connectivity index (χ0) is 28.7. The molecule has 0 bridgehead atoms. The van der Waals surface area contributed by atoms with Gasteiger partial charge in [0.2, 0.25) is 23.6 Å². The molecule has 5 unspecified atom stereocenters. The first-order valence-corrected chi connectivity index (χ1v) is 13.6. The Balaban J connectivity index is 5.71. The number of unbranched alkanes of at least 4 members (excludes halogenated alkanes) is 2. The summed E-state index contributed by atoms with van der Waals surface area (Å²) in [6.07, 6.45) is 2.54. The Labute approximate surface area is 223 Å². The highest BCUT2D eigenvalue weighted by Gasteiger charge is 2.32. The number of nitrogens with one attached hydrogen (secondary N) is 3. The molecule has 4 amide bonds. The monoisotopic (exact) mass is 528 g/mol. The molecule has 0 fully saturated rings. The van der Waals surface area contributed by atoms with E-state index in [4.69, 9.17) is 0 Å². The first kappa shape index (κ1) is 34.8. The number of rotatable bonds is 18. The summed E-state index contributed by atoms with van der Waals surface area (Å²) in [5.41, 5.74) is 0. The number of amides is 4. The van der Waals surface area contributed by atoms with Crippen molar-refractivity contribution in [3.05, 3.63) is 0 Å². The van der Waals surface area contributed by atoms with Crippen LogP contribution >= 0.6 is 0 Å². The summed E-state index contributed by atoms with van der Waals surface area (Å²) in [6, 6.07) is -2.51. The zero-order valence-electron chi connectivity index (χ0n) is 24.2. The minimum atomic E-state index is -1.04. The van der Waals surface area contributed by atoms with Crippen molar-refractivity contribution in [1.82, 2.24) is 20.9 Å². The van der Waals surface area contributed by atoms with E-state index >= 15 is 0 Å². The lowest BCUT2D eigenvalue weighted by atomic mass is 9.91. The highest BCUT2D eigenvalue weighted by Crippen LogP contribution is 2.16. The van der Waals surface area contributed by atoms with Gasteiger partial charge in [0.15, 0.2) is 0 Å². The summed E-state index contributed by atoms with van der Waals surface area (Å²) >= 11 is 0. The Kier molecular flexibility index (Phi) is 17.0. The highest BCUT2D eigenvalue weighted by atomic mass is 16.3. The van der Waals surface area contributed by atoms with Crippen LogP contribution in [0.1, 0.15) is 86.5 Å². The maximum absolute atomic E-state index is 13.3. The molecule has 0 radical (unpaired) electrons. The summed E-state index contributed by atoms with van der Waals surface area (Å²) in [7, 11) is 3.23. The lowest BCUT2D eigenvalue weighted by molar-refractivity contribution is -0.134. The van der Waals surface area contributed by atoms with E-state index in [0.29, 0.717) is 12.8 Å². The van der Waals surface area contributed by atoms with Crippen molar-refractivity contribution < 1.29 is 29.4 Å². The smallest absolute Gasteiger partial charge is 0.243 e. The summed E-state index contributed by atoms with van der Waals surface area (Å²) in [6.45, 7) is 11.0. The lowest BCUT2D eigenvalue weighted by Crippen LogP contribution is -2.58. The molecule has 0 saturated carbocycles. The number of hydrogen-bond acceptors (Lipinski definition) is 6. The fourth-order valence-corrected chi connectivity index (χ4v) is 3.92. The van der Waals surface area contributed by atoms with Crippen LogP contribution in [-0.2, 0) is 19.2 Å². The molecule has 0 heterocycles. The van der Waals surface area contributed by atoms with Gasteiger partial charge < -0.3 is 31.1 Å². The Morgan fingerprint density at radius 3 is 1.97 bits per heavy atom. The molecule has 0 spiro atoms. The molecule has 0 aromatic rings. The number of carbonyl (C=O) groups is 4. The SMILES string of the molecule is CCCCCC(=O)NC(C(=O)NC(CCC(=O)N(C)C)C(=O)NC(CC(C)C)C(O)C(C)CO)C(C)C. The van der Waals surface area contributed by atoms with Gasteiger partial charge in [-0.3, -0.25) is 19.2 Å². The normalized spacial score (nSPS) is 15.5. The summed E-state index contributed by atoms with van der Waals surface area (Å²) < 4.78 is 0. The van der Waals surface area contributed by atoms with Crippen molar-refractivity contribution in [2.45, 2.75) is 111 Å². The second-order valence-corrected chi connectivity index (χ2v) is 11.0. The second-order valence-electron chi connectivity index (χ2n) is 11.0. The molecule has 5 atom stereocenters. The fraction of sp³-hybridized carbons (Fsp3) is 0.852. The molecule has 5 N–H and O–H groups in total. The van der Waals surface area contributed by atoms with Crippen LogP contribution in [0, 0.1) is 17.8 Å². The van der Waals surface area contributed by atoms with Gasteiger partial charge in [-0.05, 0) is 31.1 Å². The topological polar surface area (TPSA) is 148 Å². The van der Waals surface area contributed by atoms with Crippen molar-refractivity contribution in [1.29, 1.82) is 0 Å². The minimum Gasteiger partial charge on any atom is -0.396 e. The Morgan fingerprint density at radius 2 is 1.49 bits per heavy atom. The van der Waals surface area contributed by atoms with E-state index in [0.717, 1.165) is 19.3 Å². The van der Waals surface area contributed by atoms with Crippen molar-refractivity contribution >= 4 is 23.6 Å². The van der Waals surface area contributed by atoms with Crippen molar-refractivity contribution in [2.75, 3.05) is 20.7 Å². The first-order valence-electron chi connectivity index (χ1n) is 13.6. The quantitative estimate of drug-likeness (QED) is 0.171. The van der Waals surface area contributed by atoms with Crippen LogP contribution in [0.3, 0.4) is 0 Å². The third kappa shape index (κ3) is 13.8. The summed E-state index contributed by atoms with van der Waals surface area (Å²) in [5.74, 6) is -1.95. The molecule has 0 aromatic heterocycles. The van der Waals surface area contributed by atoms with Gasteiger partial charge in [-0.2, -0.15) is 0 Å². The van der Waals surface area contributed by atoms with Gasteiger partial charge in [0.05, 0.1) is 12.1 Å². The zero-order valence-corrected chi connectivity index (χ0v) is 24.2. The van der Waals surface area contributed by atoms with Gasteiger partial charge in [0, 0.05) is 39.5 Å². The van der Waals surface area contributed by atoms with E-state index in [1.54, 1.807) is 21.0 Å². The average molecular weight is 529 g/mol. The van der Waals surface area contributed by atoms with Crippen molar-refractivity contribution in [3.63, 3.8) is 0 Å². The minimum absolute atomic E-state index is 0.0333. The molecule has 37 heavy (non-hydrogen) atoms. The summed E-state index contributed by atoms with van der Waals surface area (Å²) in [5, 5.41) is 28.6. The Bertz CT molecular complexity index is 713. The molecule has 0 saturated heterocycles. The predicted molar refractivity (Wildman–Crippen MR) is 144 cm³/mol. The highest BCUT2D eigenvalue weighted by molar-refractivity contribution is 5.92. The molecule has 0 rings (SSSR count). The van der Waals surface area contributed by atoms with Gasteiger partial charge in [-0.25, -0.2) is 0 Å². The maximum atomic E-state index is 13.3.